The molecule has 1 amide bonds. The van der Waals surface area contributed by atoms with Crippen LogP contribution in [0.3, 0.4) is 0 Å². The van der Waals surface area contributed by atoms with Gasteiger partial charge in [-0.15, -0.1) is 0 Å². The van der Waals surface area contributed by atoms with Gasteiger partial charge in [0, 0.05) is 11.7 Å². The first-order valence-electron chi connectivity index (χ1n) is 7.66. The van der Waals surface area contributed by atoms with Gasteiger partial charge < -0.3 is 4.90 Å². The molecule has 0 spiro atoms. The Labute approximate surface area is 157 Å². The van der Waals surface area contributed by atoms with Gasteiger partial charge >= 0.3 is 6.18 Å². The number of halogens is 4. The van der Waals surface area contributed by atoms with E-state index >= 15 is 0 Å². The average molecular weight is 427 g/mol. The number of alkyl halides is 3. The van der Waals surface area contributed by atoms with Crippen molar-refractivity contribution >= 4 is 50.0 Å². The third-order valence-corrected chi connectivity index (χ3v) is 7.65. The molecule has 0 radical (unpaired) electrons. The molecule has 2 aliphatic rings. The smallest absolute Gasteiger partial charge is 0.314 e. The summed E-state index contributed by atoms with van der Waals surface area (Å²) >= 11 is 7.20. The SMILES string of the molecule is CCC(=O)N=C1S[C@H]2CS(=O)(=O)C[C@@H]2N1c1cc(C(F)(F)F)ccc1Cl. The minimum Gasteiger partial charge on any atom is -0.314 e. The van der Waals surface area contributed by atoms with Gasteiger partial charge in [-0.3, -0.25) is 4.79 Å². The summed E-state index contributed by atoms with van der Waals surface area (Å²) in [6.07, 6.45) is -4.45. The highest BCUT2D eigenvalue weighted by Crippen LogP contribution is 2.44. The van der Waals surface area contributed by atoms with Gasteiger partial charge in [0.15, 0.2) is 15.0 Å². The molecule has 0 unspecified atom stereocenters. The molecule has 0 aliphatic carbocycles. The van der Waals surface area contributed by atoms with Crippen molar-refractivity contribution in [3.8, 4) is 0 Å². The van der Waals surface area contributed by atoms with Gasteiger partial charge in [0.1, 0.15) is 0 Å². The van der Waals surface area contributed by atoms with Crippen LogP contribution in [-0.4, -0.2) is 42.3 Å². The third kappa shape index (κ3) is 3.72. The minimum atomic E-state index is -4.58. The highest BCUT2D eigenvalue weighted by Gasteiger charge is 2.50. The molecular formula is C15H14ClF3N2O3S2. The van der Waals surface area contributed by atoms with Crippen LogP contribution >= 0.6 is 23.4 Å². The van der Waals surface area contributed by atoms with Crippen LogP contribution in [0.5, 0.6) is 0 Å². The zero-order chi connectivity index (χ0) is 19.3. The van der Waals surface area contributed by atoms with Crippen LogP contribution in [0.15, 0.2) is 23.2 Å². The number of sulfone groups is 1. The second kappa shape index (κ2) is 6.72. The van der Waals surface area contributed by atoms with Crippen LogP contribution in [-0.2, 0) is 20.8 Å². The summed E-state index contributed by atoms with van der Waals surface area (Å²) in [5.74, 6) is -0.783. The molecule has 0 aromatic heterocycles. The number of hydrogen-bond acceptors (Lipinski definition) is 4. The second-order valence-electron chi connectivity index (χ2n) is 5.98. The first kappa shape index (κ1) is 19.5. The van der Waals surface area contributed by atoms with E-state index in [9.17, 15) is 26.4 Å². The molecule has 11 heteroatoms. The van der Waals surface area contributed by atoms with Gasteiger partial charge in [-0.1, -0.05) is 30.3 Å². The first-order chi connectivity index (χ1) is 12.0. The van der Waals surface area contributed by atoms with Crippen molar-refractivity contribution in [2.24, 2.45) is 4.99 Å². The number of aliphatic imine (C=N–C) groups is 1. The fourth-order valence-corrected chi connectivity index (χ4v) is 7.04. The number of hydrogen-bond donors (Lipinski definition) is 0. The van der Waals surface area contributed by atoms with E-state index in [0.29, 0.717) is 0 Å². The monoisotopic (exact) mass is 426 g/mol. The number of fused-ring (bicyclic) bond motifs is 1. The maximum Gasteiger partial charge on any atom is 0.416 e. The highest BCUT2D eigenvalue weighted by molar-refractivity contribution is 8.16. The number of benzene rings is 1. The Morgan fingerprint density at radius 2 is 2.08 bits per heavy atom. The molecule has 2 heterocycles. The standard InChI is InChI=1S/C15H14ClF3N2O3S2/c1-2-13(22)20-14-21(11-6-26(23,24)7-12(11)25-14)10-5-8(15(17,18)19)3-4-9(10)16/h3-5,11-12H,2,6-7H2,1H3/t11-,12-/m0/s1. The zero-order valence-electron chi connectivity index (χ0n) is 13.5. The van der Waals surface area contributed by atoms with Gasteiger partial charge in [0.25, 0.3) is 0 Å². The lowest BCUT2D eigenvalue weighted by Crippen LogP contribution is -2.38. The lowest BCUT2D eigenvalue weighted by molar-refractivity contribution is -0.137. The molecule has 3 rings (SSSR count). The van der Waals surface area contributed by atoms with E-state index in [4.69, 9.17) is 11.6 Å². The van der Waals surface area contributed by atoms with Crippen molar-refractivity contribution < 1.29 is 26.4 Å². The van der Waals surface area contributed by atoms with Gasteiger partial charge in [0.05, 0.1) is 33.8 Å². The topological polar surface area (TPSA) is 66.8 Å². The van der Waals surface area contributed by atoms with Crippen LogP contribution in [0.2, 0.25) is 5.02 Å². The number of amides is 1. The third-order valence-electron chi connectivity index (χ3n) is 4.12. The molecule has 2 saturated heterocycles. The molecule has 1 aromatic rings. The molecule has 142 valence electrons. The molecule has 2 aliphatic heterocycles. The molecule has 2 atom stereocenters. The maximum atomic E-state index is 13.1. The van der Waals surface area contributed by atoms with Gasteiger partial charge in [-0.25, -0.2) is 8.42 Å². The maximum absolute atomic E-state index is 13.1. The average Bonchev–Trinajstić information content (AvgIpc) is 2.97. The van der Waals surface area contributed by atoms with E-state index in [1.54, 1.807) is 6.92 Å². The lowest BCUT2D eigenvalue weighted by atomic mass is 10.1. The quantitative estimate of drug-likeness (QED) is 0.725. The molecule has 5 nitrogen and oxygen atoms in total. The zero-order valence-corrected chi connectivity index (χ0v) is 15.8. The summed E-state index contributed by atoms with van der Waals surface area (Å²) in [7, 11) is -3.32. The number of carbonyl (C=O) groups is 1. The van der Waals surface area contributed by atoms with Gasteiger partial charge in [0.2, 0.25) is 5.91 Å². The molecule has 0 N–H and O–H groups in total. The number of carbonyl (C=O) groups excluding carboxylic acids is 1. The van der Waals surface area contributed by atoms with Crippen LogP contribution in [0.4, 0.5) is 18.9 Å². The van der Waals surface area contributed by atoms with E-state index in [0.717, 1.165) is 30.0 Å². The van der Waals surface area contributed by atoms with E-state index in [1.807, 2.05) is 0 Å². The number of anilines is 1. The Hall–Kier alpha value is -1.26. The normalized spacial score (nSPS) is 26.3. The Kier molecular flexibility index (Phi) is 5.04. The van der Waals surface area contributed by atoms with E-state index in [2.05, 4.69) is 4.99 Å². The Morgan fingerprint density at radius 1 is 1.38 bits per heavy atom. The summed E-state index contributed by atoms with van der Waals surface area (Å²) in [4.78, 5) is 17.1. The van der Waals surface area contributed by atoms with Gasteiger partial charge in [-0.2, -0.15) is 18.2 Å². The van der Waals surface area contributed by atoms with Crippen molar-refractivity contribution in [1.29, 1.82) is 0 Å². The van der Waals surface area contributed by atoms with E-state index in [1.165, 1.54) is 4.90 Å². The van der Waals surface area contributed by atoms with Crippen LogP contribution < -0.4 is 4.90 Å². The number of amidine groups is 1. The Balaban J connectivity index is 2.11. The summed E-state index contributed by atoms with van der Waals surface area (Å²) in [5, 5.41) is -0.197. The van der Waals surface area contributed by atoms with Crippen LogP contribution in [0, 0.1) is 0 Å². The van der Waals surface area contributed by atoms with Crippen molar-refractivity contribution in [3.63, 3.8) is 0 Å². The fourth-order valence-electron chi connectivity index (χ4n) is 2.91. The fraction of sp³-hybridized carbons (Fsp3) is 0.467. The lowest BCUT2D eigenvalue weighted by Gasteiger charge is -2.26. The predicted octanol–water partition coefficient (Wildman–Crippen LogP) is 3.37. The van der Waals surface area contributed by atoms with E-state index < -0.39 is 38.8 Å². The summed E-state index contributed by atoms with van der Waals surface area (Å²) in [6.45, 7) is 1.61. The predicted molar refractivity (Wildman–Crippen MR) is 95.5 cm³/mol. The summed E-state index contributed by atoms with van der Waals surface area (Å²) < 4.78 is 63.2. The summed E-state index contributed by atoms with van der Waals surface area (Å²) in [5.41, 5.74) is -0.909. The first-order valence-corrected chi connectivity index (χ1v) is 10.7. The van der Waals surface area contributed by atoms with Crippen molar-refractivity contribution in [3.05, 3.63) is 28.8 Å². The number of rotatable bonds is 2. The minimum absolute atomic E-state index is 0.00115. The molecule has 0 saturated carbocycles. The van der Waals surface area contributed by atoms with Crippen LogP contribution in [0.1, 0.15) is 18.9 Å². The Bertz CT molecular complexity index is 887. The molecule has 1 aromatic carbocycles. The van der Waals surface area contributed by atoms with Crippen molar-refractivity contribution in [2.45, 2.75) is 30.8 Å². The number of nitrogens with zero attached hydrogens (tertiary/aromatic N) is 2. The number of thioether (sulfide) groups is 1. The van der Waals surface area contributed by atoms with Crippen molar-refractivity contribution in [1.82, 2.24) is 0 Å². The van der Waals surface area contributed by atoms with Gasteiger partial charge in [-0.05, 0) is 18.2 Å². The van der Waals surface area contributed by atoms with Crippen molar-refractivity contribution in [2.75, 3.05) is 16.4 Å². The molecule has 0 bridgehead atoms. The molecule has 2 fully saturated rings. The Morgan fingerprint density at radius 3 is 2.69 bits per heavy atom. The second-order valence-corrected chi connectivity index (χ2v) is 9.74. The summed E-state index contributed by atoms with van der Waals surface area (Å²) in [6, 6.07) is 2.21. The highest BCUT2D eigenvalue weighted by atomic mass is 35.5. The van der Waals surface area contributed by atoms with E-state index in [-0.39, 0.29) is 33.8 Å². The molecule has 26 heavy (non-hydrogen) atoms. The molecular weight excluding hydrogens is 413 g/mol. The van der Waals surface area contributed by atoms with Crippen LogP contribution in [0.25, 0.3) is 0 Å². The largest absolute Gasteiger partial charge is 0.416 e.